The second-order valence-electron chi connectivity index (χ2n) is 7.79. The van der Waals surface area contributed by atoms with Crippen molar-refractivity contribution in [3.8, 4) is 17.0 Å². The number of ether oxygens (including phenoxy) is 1. The zero-order valence-electron chi connectivity index (χ0n) is 15.9. The van der Waals surface area contributed by atoms with E-state index in [9.17, 15) is 9.18 Å². The van der Waals surface area contributed by atoms with Crippen LogP contribution < -0.4 is 4.74 Å². The third-order valence-corrected chi connectivity index (χ3v) is 5.94. The van der Waals surface area contributed by atoms with Crippen LogP contribution >= 0.6 is 0 Å². The summed E-state index contributed by atoms with van der Waals surface area (Å²) in [7, 11) is 0. The molecule has 0 radical (unpaired) electrons. The average molecular weight is 391 g/mol. The molecular formula is C23H22FN3O2. The van der Waals surface area contributed by atoms with E-state index in [-0.39, 0.29) is 29.9 Å². The molecule has 0 spiro atoms. The van der Waals surface area contributed by atoms with Gasteiger partial charge in [-0.25, -0.2) is 9.37 Å². The van der Waals surface area contributed by atoms with E-state index in [4.69, 9.17) is 4.74 Å². The Labute approximate surface area is 168 Å². The Morgan fingerprint density at radius 2 is 1.83 bits per heavy atom. The summed E-state index contributed by atoms with van der Waals surface area (Å²) in [5.74, 6) is 0.403. The number of carbonyl (C=O) groups is 1. The summed E-state index contributed by atoms with van der Waals surface area (Å²) in [5.41, 5.74) is 2.34. The van der Waals surface area contributed by atoms with Gasteiger partial charge in [-0.3, -0.25) is 4.79 Å². The number of aromatic nitrogens is 2. The van der Waals surface area contributed by atoms with Gasteiger partial charge in [-0.1, -0.05) is 18.2 Å². The van der Waals surface area contributed by atoms with Crippen molar-refractivity contribution in [2.45, 2.75) is 43.9 Å². The molecule has 0 aliphatic carbocycles. The molecule has 2 aliphatic heterocycles. The number of carbonyl (C=O) groups excluding carboxylic acids is 1. The lowest BCUT2D eigenvalue weighted by Gasteiger charge is -2.38. The number of H-pyrrole nitrogens is 1. The van der Waals surface area contributed by atoms with Gasteiger partial charge in [-0.2, -0.15) is 0 Å². The first-order valence-corrected chi connectivity index (χ1v) is 10.0. The summed E-state index contributed by atoms with van der Waals surface area (Å²) in [4.78, 5) is 22.6. The van der Waals surface area contributed by atoms with E-state index in [0.29, 0.717) is 11.6 Å². The molecule has 5 nitrogen and oxygen atoms in total. The van der Waals surface area contributed by atoms with Gasteiger partial charge < -0.3 is 14.6 Å². The molecule has 148 valence electrons. The summed E-state index contributed by atoms with van der Waals surface area (Å²) in [6, 6.07) is 14.2. The number of hydrogen-bond acceptors (Lipinski definition) is 3. The van der Waals surface area contributed by atoms with Gasteiger partial charge in [0.2, 0.25) is 5.88 Å². The van der Waals surface area contributed by atoms with Crippen molar-refractivity contribution in [2.24, 2.45) is 0 Å². The number of aromatic amines is 1. The highest BCUT2D eigenvalue weighted by Crippen LogP contribution is 2.38. The molecule has 2 saturated heterocycles. The van der Waals surface area contributed by atoms with Crippen LogP contribution in [0.2, 0.25) is 0 Å². The molecule has 2 aliphatic rings. The Kier molecular flexibility index (Phi) is 4.54. The van der Waals surface area contributed by atoms with E-state index in [1.54, 1.807) is 24.5 Å². The Morgan fingerprint density at radius 1 is 1.07 bits per heavy atom. The van der Waals surface area contributed by atoms with Crippen molar-refractivity contribution in [1.29, 1.82) is 0 Å². The van der Waals surface area contributed by atoms with Crippen molar-refractivity contribution < 1.29 is 13.9 Å². The molecule has 2 aromatic heterocycles. The van der Waals surface area contributed by atoms with Gasteiger partial charge in [0.05, 0.1) is 0 Å². The van der Waals surface area contributed by atoms with Gasteiger partial charge in [0.1, 0.15) is 17.6 Å². The van der Waals surface area contributed by atoms with Gasteiger partial charge in [-0.05, 0) is 48.2 Å². The molecule has 5 rings (SSSR count). The summed E-state index contributed by atoms with van der Waals surface area (Å²) >= 11 is 0. The van der Waals surface area contributed by atoms with Crippen LogP contribution in [0.4, 0.5) is 4.39 Å². The van der Waals surface area contributed by atoms with Gasteiger partial charge in [0.15, 0.2) is 0 Å². The number of piperidine rings is 1. The third kappa shape index (κ3) is 3.50. The van der Waals surface area contributed by atoms with Crippen molar-refractivity contribution in [3.05, 3.63) is 72.4 Å². The molecule has 1 aromatic carbocycles. The van der Waals surface area contributed by atoms with E-state index in [1.165, 1.54) is 12.1 Å². The highest BCUT2D eigenvalue weighted by Gasteiger charge is 2.44. The topological polar surface area (TPSA) is 58.2 Å². The molecular weight excluding hydrogens is 369 g/mol. The largest absolute Gasteiger partial charge is 0.474 e. The molecule has 1 N–H and O–H groups in total. The quantitative estimate of drug-likeness (QED) is 0.716. The molecule has 6 heteroatoms. The first kappa shape index (κ1) is 17.9. The minimum absolute atomic E-state index is 0.0298. The van der Waals surface area contributed by atoms with Crippen LogP contribution in [0.15, 0.2) is 60.9 Å². The molecule has 1 amide bonds. The zero-order chi connectivity index (χ0) is 19.8. The second-order valence-corrected chi connectivity index (χ2v) is 7.79. The molecule has 2 fully saturated rings. The number of hydrogen-bond donors (Lipinski definition) is 1. The maximum Gasteiger partial charge on any atom is 0.270 e. The van der Waals surface area contributed by atoms with Crippen LogP contribution in [0.5, 0.6) is 5.88 Å². The monoisotopic (exact) mass is 391 g/mol. The lowest BCUT2D eigenvalue weighted by molar-refractivity contribution is 0.0344. The Morgan fingerprint density at radius 3 is 2.52 bits per heavy atom. The molecule has 4 heterocycles. The summed E-state index contributed by atoms with van der Waals surface area (Å²) in [5, 5.41) is 0. The van der Waals surface area contributed by atoms with Crippen molar-refractivity contribution in [1.82, 2.24) is 14.9 Å². The van der Waals surface area contributed by atoms with Gasteiger partial charge in [0, 0.05) is 43.4 Å². The molecule has 2 unspecified atom stereocenters. The Balaban J connectivity index is 1.29. The fourth-order valence-corrected chi connectivity index (χ4v) is 4.61. The van der Waals surface area contributed by atoms with Crippen molar-refractivity contribution in [3.63, 3.8) is 0 Å². The van der Waals surface area contributed by atoms with E-state index in [0.717, 1.165) is 36.8 Å². The summed E-state index contributed by atoms with van der Waals surface area (Å²) in [6.45, 7) is 0. The van der Waals surface area contributed by atoms with E-state index < -0.39 is 0 Å². The predicted molar refractivity (Wildman–Crippen MR) is 107 cm³/mol. The normalized spacial score (nSPS) is 23.2. The standard InChI is InChI=1S/C23H22FN3O2/c24-17-6-4-15(5-7-17)16-11-21(26-14-16)23(28)27-18-8-9-19(27)13-20(12-18)29-22-3-1-2-10-25-22/h1-7,10-11,14,18-20,26H,8-9,12-13H2. The number of pyridine rings is 1. The number of nitrogens with one attached hydrogen (secondary N) is 1. The molecule has 0 saturated carbocycles. The smallest absolute Gasteiger partial charge is 0.270 e. The third-order valence-electron chi connectivity index (χ3n) is 5.94. The number of fused-ring (bicyclic) bond motifs is 2. The van der Waals surface area contributed by atoms with Gasteiger partial charge in [-0.15, -0.1) is 0 Å². The summed E-state index contributed by atoms with van der Waals surface area (Å²) < 4.78 is 19.2. The van der Waals surface area contributed by atoms with Crippen LogP contribution in [-0.4, -0.2) is 39.0 Å². The minimum atomic E-state index is -0.270. The highest BCUT2D eigenvalue weighted by molar-refractivity contribution is 5.94. The number of benzene rings is 1. The van der Waals surface area contributed by atoms with Crippen molar-refractivity contribution >= 4 is 5.91 Å². The van der Waals surface area contributed by atoms with Gasteiger partial charge in [0.25, 0.3) is 5.91 Å². The maximum atomic E-state index is 13.2. The van der Waals surface area contributed by atoms with E-state index in [2.05, 4.69) is 9.97 Å². The zero-order valence-corrected chi connectivity index (χ0v) is 15.9. The minimum Gasteiger partial charge on any atom is -0.474 e. The molecule has 29 heavy (non-hydrogen) atoms. The predicted octanol–water partition coefficient (Wildman–Crippen LogP) is 4.43. The molecule has 3 aromatic rings. The summed E-state index contributed by atoms with van der Waals surface area (Å²) in [6.07, 6.45) is 7.28. The van der Waals surface area contributed by atoms with Crippen LogP contribution in [0, 0.1) is 5.82 Å². The number of amides is 1. The number of halogens is 1. The first-order chi connectivity index (χ1) is 14.2. The molecule has 2 atom stereocenters. The Bertz CT molecular complexity index is 988. The lowest BCUT2D eigenvalue weighted by Crippen LogP contribution is -2.49. The molecule has 2 bridgehead atoms. The fraction of sp³-hybridized carbons (Fsp3) is 0.304. The number of nitrogens with zero attached hydrogens (tertiary/aromatic N) is 2. The van der Waals surface area contributed by atoms with Crippen LogP contribution in [0.1, 0.15) is 36.2 Å². The van der Waals surface area contributed by atoms with Crippen LogP contribution in [0.3, 0.4) is 0 Å². The van der Waals surface area contributed by atoms with Crippen LogP contribution in [-0.2, 0) is 0 Å². The maximum absolute atomic E-state index is 13.2. The SMILES string of the molecule is O=C(c1cc(-c2ccc(F)cc2)c[nH]1)N1C2CCC1CC(Oc1ccccn1)C2. The highest BCUT2D eigenvalue weighted by atomic mass is 19.1. The van der Waals surface area contributed by atoms with Crippen molar-refractivity contribution in [2.75, 3.05) is 0 Å². The number of rotatable bonds is 4. The van der Waals surface area contributed by atoms with Gasteiger partial charge >= 0.3 is 0 Å². The van der Waals surface area contributed by atoms with Crippen LogP contribution in [0.25, 0.3) is 11.1 Å². The second kappa shape index (κ2) is 7.35. The Hall–Kier alpha value is -3.15. The van der Waals surface area contributed by atoms with E-state index >= 15 is 0 Å². The lowest BCUT2D eigenvalue weighted by atomic mass is 9.99. The first-order valence-electron chi connectivity index (χ1n) is 10.0. The fourth-order valence-electron chi connectivity index (χ4n) is 4.61. The average Bonchev–Trinajstić information content (AvgIpc) is 3.32. The van der Waals surface area contributed by atoms with E-state index in [1.807, 2.05) is 29.2 Å².